The average molecular weight is 452 g/mol. The van der Waals surface area contributed by atoms with Gasteiger partial charge in [0.1, 0.15) is 0 Å². The summed E-state index contributed by atoms with van der Waals surface area (Å²) >= 11 is 1.55. The van der Waals surface area contributed by atoms with Crippen molar-refractivity contribution in [1.29, 1.82) is 5.26 Å². The summed E-state index contributed by atoms with van der Waals surface area (Å²) in [4.78, 5) is 13.6. The van der Waals surface area contributed by atoms with E-state index < -0.39 is 0 Å². The monoisotopic (exact) mass is 451 g/mol. The van der Waals surface area contributed by atoms with Gasteiger partial charge in [0.05, 0.1) is 28.2 Å². The third-order valence-electron chi connectivity index (χ3n) is 5.65. The van der Waals surface area contributed by atoms with Gasteiger partial charge in [0.15, 0.2) is 5.16 Å². The molecule has 3 aromatic carbocycles. The number of nitriles is 1. The Morgan fingerprint density at radius 3 is 2.45 bits per heavy atom. The van der Waals surface area contributed by atoms with Crippen LogP contribution in [0.2, 0.25) is 0 Å². The van der Waals surface area contributed by atoms with Gasteiger partial charge in [-0.1, -0.05) is 68.1 Å². The van der Waals surface area contributed by atoms with E-state index in [1.165, 1.54) is 0 Å². The van der Waals surface area contributed by atoms with Gasteiger partial charge < -0.3 is 0 Å². The lowest BCUT2D eigenvalue weighted by Gasteiger charge is -2.16. The molecule has 2 aromatic heterocycles. The normalized spacial score (nSPS) is 11.3. The van der Waals surface area contributed by atoms with Crippen molar-refractivity contribution in [1.82, 2.24) is 19.2 Å². The Morgan fingerprint density at radius 1 is 0.970 bits per heavy atom. The van der Waals surface area contributed by atoms with E-state index >= 15 is 0 Å². The molecule has 5 aromatic rings. The van der Waals surface area contributed by atoms with Crippen molar-refractivity contribution in [2.45, 2.75) is 30.7 Å². The van der Waals surface area contributed by atoms with Crippen molar-refractivity contribution in [2.75, 3.05) is 0 Å². The lowest BCUT2D eigenvalue weighted by Crippen LogP contribution is -2.23. The molecule has 0 spiro atoms. The van der Waals surface area contributed by atoms with E-state index in [4.69, 9.17) is 5.26 Å². The van der Waals surface area contributed by atoms with Crippen LogP contribution in [0.1, 0.15) is 36.5 Å². The highest BCUT2D eigenvalue weighted by atomic mass is 32.2. The van der Waals surface area contributed by atoms with Crippen LogP contribution in [-0.4, -0.2) is 19.2 Å². The zero-order valence-corrected chi connectivity index (χ0v) is 19.1. The molecule has 0 radical (unpaired) electrons. The number of thioether (sulfide) groups is 1. The zero-order chi connectivity index (χ0) is 22.9. The molecule has 0 aliphatic rings. The molecule has 162 valence electrons. The average Bonchev–Trinajstić information content (AvgIpc) is 3.27. The molecule has 0 aliphatic heterocycles. The fourth-order valence-electron chi connectivity index (χ4n) is 3.99. The summed E-state index contributed by atoms with van der Waals surface area (Å²) in [5.74, 6) is 1.41. The minimum atomic E-state index is -0.109. The highest BCUT2D eigenvalue weighted by Gasteiger charge is 2.20. The van der Waals surface area contributed by atoms with E-state index in [1.54, 1.807) is 16.3 Å². The topological polar surface area (TPSA) is 76.0 Å². The minimum absolute atomic E-state index is 0.109. The molecule has 0 amide bonds. The molecule has 33 heavy (non-hydrogen) atoms. The summed E-state index contributed by atoms with van der Waals surface area (Å²) in [7, 11) is 0. The van der Waals surface area contributed by atoms with Gasteiger partial charge in [-0.2, -0.15) is 5.26 Å². The van der Waals surface area contributed by atoms with Crippen molar-refractivity contribution in [3.63, 3.8) is 0 Å². The molecular weight excluding hydrogens is 430 g/mol. The Morgan fingerprint density at radius 2 is 1.70 bits per heavy atom. The van der Waals surface area contributed by atoms with Crippen LogP contribution in [0.15, 0.2) is 82.7 Å². The van der Waals surface area contributed by atoms with Crippen molar-refractivity contribution < 1.29 is 0 Å². The highest BCUT2D eigenvalue weighted by Crippen LogP contribution is 2.28. The smallest absolute Gasteiger partial charge is 0.267 e. The molecule has 6 nitrogen and oxygen atoms in total. The lowest BCUT2D eigenvalue weighted by atomic mass is 10.0. The molecule has 0 saturated heterocycles. The minimum Gasteiger partial charge on any atom is -0.268 e. The SMILES string of the molecule is CC(C)c1ccccc1-n1c(=O)c2ccccc2n2c(SCc3ccc(C#N)cc3)nnc12. The second-order valence-corrected chi connectivity index (χ2v) is 9.03. The van der Waals surface area contributed by atoms with Crippen LogP contribution < -0.4 is 5.56 Å². The Bertz CT molecular complexity index is 1580. The summed E-state index contributed by atoms with van der Waals surface area (Å²) in [6.07, 6.45) is 0. The molecule has 2 heterocycles. The van der Waals surface area contributed by atoms with E-state index in [9.17, 15) is 4.79 Å². The van der Waals surface area contributed by atoms with E-state index in [2.05, 4.69) is 36.2 Å². The molecule has 0 unspecified atom stereocenters. The number of aromatic nitrogens is 4. The van der Waals surface area contributed by atoms with Crippen LogP contribution in [0.3, 0.4) is 0 Å². The zero-order valence-electron chi connectivity index (χ0n) is 18.3. The second-order valence-electron chi connectivity index (χ2n) is 8.09. The number of fused-ring (bicyclic) bond motifs is 3. The summed E-state index contributed by atoms with van der Waals surface area (Å²) in [5.41, 5.74) is 4.29. The van der Waals surface area contributed by atoms with Gasteiger partial charge in [-0.15, -0.1) is 10.2 Å². The predicted octanol–water partition coefficient (Wildman–Crippen LogP) is 5.32. The highest BCUT2D eigenvalue weighted by molar-refractivity contribution is 7.98. The van der Waals surface area contributed by atoms with Crippen molar-refractivity contribution in [2.24, 2.45) is 0 Å². The first-order valence-electron chi connectivity index (χ1n) is 10.7. The van der Waals surface area contributed by atoms with Crippen LogP contribution in [0.5, 0.6) is 0 Å². The summed E-state index contributed by atoms with van der Waals surface area (Å²) < 4.78 is 3.64. The number of nitrogens with zero attached hydrogens (tertiary/aromatic N) is 5. The number of para-hydroxylation sites is 2. The van der Waals surface area contributed by atoms with Crippen LogP contribution in [0, 0.1) is 11.3 Å². The lowest BCUT2D eigenvalue weighted by molar-refractivity contribution is 0.837. The van der Waals surface area contributed by atoms with E-state index in [1.807, 2.05) is 71.1 Å². The molecule has 7 heteroatoms. The van der Waals surface area contributed by atoms with Crippen molar-refractivity contribution in [3.05, 3.63) is 99.8 Å². The molecule has 0 bridgehead atoms. The van der Waals surface area contributed by atoms with Crippen molar-refractivity contribution >= 4 is 28.4 Å². The van der Waals surface area contributed by atoms with E-state index in [0.717, 1.165) is 22.3 Å². The maximum Gasteiger partial charge on any atom is 0.267 e. The van der Waals surface area contributed by atoms with Gasteiger partial charge in [-0.25, -0.2) is 4.57 Å². The fourth-order valence-corrected chi connectivity index (χ4v) is 4.89. The quantitative estimate of drug-likeness (QED) is 0.338. The molecule has 0 fully saturated rings. The maximum atomic E-state index is 13.6. The Balaban J connectivity index is 1.70. The van der Waals surface area contributed by atoms with E-state index in [-0.39, 0.29) is 11.5 Å². The number of benzene rings is 3. The van der Waals surface area contributed by atoms with Gasteiger partial charge >= 0.3 is 0 Å². The second kappa shape index (κ2) is 8.57. The van der Waals surface area contributed by atoms with Gasteiger partial charge in [0.2, 0.25) is 5.78 Å². The molecule has 0 aliphatic carbocycles. The molecule has 0 atom stereocenters. The first-order chi connectivity index (χ1) is 16.1. The predicted molar refractivity (Wildman–Crippen MR) is 131 cm³/mol. The molecule has 5 rings (SSSR count). The maximum absolute atomic E-state index is 13.6. The van der Waals surface area contributed by atoms with Gasteiger partial charge in [0, 0.05) is 5.75 Å². The standard InChI is InChI=1S/C26H21N5OS/c1-17(2)20-7-3-5-9-22(20)30-24(32)21-8-4-6-10-23(21)31-25(30)28-29-26(31)33-16-19-13-11-18(15-27)12-14-19/h3-14,17H,16H2,1-2H3. The van der Waals surface area contributed by atoms with Gasteiger partial charge in [0.25, 0.3) is 5.56 Å². The fraction of sp³-hybridized carbons (Fsp3) is 0.154. The summed E-state index contributed by atoms with van der Waals surface area (Å²) in [6, 6.07) is 25.2. The third-order valence-corrected chi connectivity index (χ3v) is 6.65. The summed E-state index contributed by atoms with van der Waals surface area (Å²) in [5, 5.41) is 19.3. The Hall–Kier alpha value is -3.89. The third kappa shape index (κ3) is 3.69. The van der Waals surface area contributed by atoms with Crippen LogP contribution in [0.25, 0.3) is 22.4 Å². The Kier molecular flexibility index (Phi) is 5.45. The summed E-state index contributed by atoms with van der Waals surface area (Å²) in [6.45, 7) is 4.23. The van der Waals surface area contributed by atoms with Crippen LogP contribution in [-0.2, 0) is 5.75 Å². The first kappa shape index (κ1) is 21.0. The number of hydrogen-bond donors (Lipinski definition) is 0. The largest absolute Gasteiger partial charge is 0.268 e. The Labute approximate surface area is 195 Å². The first-order valence-corrected chi connectivity index (χ1v) is 11.7. The molecule has 0 N–H and O–H groups in total. The number of rotatable bonds is 5. The van der Waals surface area contributed by atoms with Crippen molar-refractivity contribution in [3.8, 4) is 11.8 Å². The van der Waals surface area contributed by atoms with Crippen LogP contribution >= 0.6 is 11.8 Å². The van der Waals surface area contributed by atoms with Crippen LogP contribution in [0.4, 0.5) is 0 Å². The van der Waals surface area contributed by atoms with E-state index in [0.29, 0.717) is 27.6 Å². The number of hydrogen-bond acceptors (Lipinski definition) is 5. The molecular formula is C26H21N5OS. The van der Waals surface area contributed by atoms with Gasteiger partial charge in [-0.05, 0) is 47.4 Å². The van der Waals surface area contributed by atoms with Gasteiger partial charge in [-0.3, -0.25) is 9.20 Å². The molecule has 0 saturated carbocycles.